The first-order valence-electron chi connectivity index (χ1n) is 5.79. The smallest absolute Gasteiger partial charge is 0.233 e. The first-order chi connectivity index (χ1) is 7.56. The summed E-state index contributed by atoms with van der Waals surface area (Å²) in [6.45, 7) is 2.69. The van der Waals surface area contributed by atoms with Crippen LogP contribution < -0.4 is 11.1 Å². The number of nitrogens with two attached hydrogens (primary N) is 1. The molecule has 1 aliphatic heterocycles. The second-order valence-corrected chi connectivity index (χ2v) is 5.18. The average Bonchev–Trinajstić information content (AvgIpc) is 2.48. The molecule has 2 rings (SSSR count). The summed E-state index contributed by atoms with van der Waals surface area (Å²) in [5.41, 5.74) is 5.11. The van der Waals surface area contributed by atoms with Crippen LogP contribution in [-0.2, 0) is 9.53 Å². The maximum absolute atomic E-state index is 12.2. The van der Waals surface area contributed by atoms with Gasteiger partial charge in [-0.2, -0.15) is 0 Å². The SMILES string of the molecule is CC1OCCC1NC(=O)C1(C(N)=S)CCC1. The number of rotatable bonds is 3. The number of amides is 1. The molecule has 3 N–H and O–H groups in total. The molecule has 90 valence electrons. The zero-order valence-corrected chi connectivity index (χ0v) is 10.3. The molecule has 0 aromatic carbocycles. The van der Waals surface area contributed by atoms with E-state index in [0.29, 0.717) is 11.6 Å². The zero-order valence-electron chi connectivity index (χ0n) is 9.49. The molecule has 0 radical (unpaired) electrons. The Hall–Kier alpha value is -0.680. The lowest BCUT2D eigenvalue weighted by molar-refractivity contribution is -0.131. The van der Waals surface area contributed by atoms with Gasteiger partial charge in [-0.25, -0.2) is 0 Å². The third kappa shape index (κ3) is 1.82. The number of ether oxygens (including phenoxy) is 1. The van der Waals surface area contributed by atoms with Gasteiger partial charge in [0.05, 0.1) is 22.5 Å². The third-order valence-corrected chi connectivity index (χ3v) is 4.20. The van der Waals surface area contributed by atoms with Crippen LogP contribution in [0.15, 0.2) is 0 Å². The Morgan fingerprint density at radius 3 is 2.62 bits per heavy atom. The molecule has 4 nitrogen and oxygen atoms in total. The van der Waals surface area contributed by atoms with Crippen LogP contribution in [0.1, 0.15) is 32.6 Å². The highest BCUT2D eigenvalue weighted by Crippen LogP contribution is 2.41. The highest BCUT2D eigenvalue weighted by Gasteiger charge is 2.47. The zero-order chi connectivity index (χ0) is 11.8. The van der Waals surface area contributed by atoms with Gasteiger partial charge in [-0.1, -0.05) is 18.6 Å². The molecule has 2 atom stereocenters. The van der Waals surface area contributed by atoms with Crippen LogP contribution in [-0.4, -0.2) is 29.6 Å². The van der Waals surface area contributed by atoms with Crippen LogP contribution in [0.4, 0.5) is 0 Å². The summed E-state index contributed by atoms with van der Waals surface area (Å²) in [5, 5.41) is 3.02. The molecule has 2 unspecified atom stereocenters. The number of hydrogen-bond acceptors (Lipinski definition) is 3. The van der Waals surface area contributed by atoms with Crippen molar-refractivity contribution in [2.24, 2.45) is 11.1 Å². The topological polar surface area (TPSA) is 64.3 Å². The molecule has 1 saturated heterocycles. The average molecular weight is 242 g/mol. The van der Waals surface area contributed by atoms with E-state index in [4.69, 9.17) is 22.7 Å². The van der Waals surface area contributed by atoms with E-state index in [2.05, 4.69) is 5.32 Å². The molecule has 0 aromatic heterocycles. The second-order valence-electron chi connectivity index (χ2n) is 4.74. The summed E-state index contributed by atoms with van der Waals surface area (Å²) in [6, 6.07) is 0.110. The van der Waals surface area contributed by atoms with Gasteiger partial charge in [0, 0.05) is 6.61 Å². The lowest BCUT2D eigenvalue weighted by atomic mass is 9.68. The Labute approximate surface area is 101 Å². The van der Waals surface area contributed by atoms with Crippen molar-refractivity contribution in [3.8, 4) is 0 Å². The minimum atomic E-state index is -0.572. The normalized spacial score (nSPS) is 31.8. The number of hydrogen-bond donors (Lipinski definition) is 2. The fourth-order valence-electron chi connectivity index (χ4n) is 2.34. The van der Waals surface area contributed by atoms with E-state index in [1.165, 1.54) is 0 Å². The molecule has 1 amide bonds. The molecular weight excluding hydrogens is 224 g/mol. The molecule has 0 spiro atoms. The van der Waals surface area contributed by atoms with Crippen LogP contribution in [0.5, 0.6) is 0 Å². The van der Waals surface area contributed by atoms with Crippen LogP contribution in [0.3, 0.4) is 0 Å². The van der Waals surface area contributed by atoms with Gasteiger partial charge in [-0.15, -0.1) is 0 Å². The summed E-state index contributed by atoms with van der Waals surface area (Å²) >= 11 is 5.01. The van der Waals surface area contributed by atoms with Gasteiger partial charge in [-0.3, -0.25) is 4.79 Å². The molecular formula is C11H18N2O2S. The number of thiocarbonyl (C=S) groups is 1. The fraction of sp³-hybridized carbons (Fsp3) is 0.818. The van der Waals surface area contributed by atoms with Crippen molar-refractivity contribution < 1.29 is 9.53 Å². The van der Waals surface area contributed by atoms with Gasteiger partial charge in [0.2, 0.25) is 5.91 Å². The van der Waals surface area contributed by atoms with Crippen molar-refractivity contribution in [2.45, 2.75) is 44.8 Å². The Kier molecular flexibility index (Phi) is 3.17. The lowest BCUT2D eigenvalue weighted by Crippen LogP contribution is -2.56. The van der Waals surface area contributed by atoms with Gasteiger partial charge in [0.1, 0.15) is 0 Å². The van der Waals surface area contributed by atoms with Crippen LogP contribution in [0.2, 0.25) is 0 Å². The quantitative estimate of drug-likeness (QED) is 0.716. The van der Waals surface area contributed by atoms with Gasteiger partial charge in [0.25, 0.3) is 0 Å². The van der Waals surface area contributed by atoms with Crippen molar-refractivity contribution in [1.29, 1.82) is 0 Å². The van der Waals surface area contributed by atoms with Crippen LogP contribution >= 0.6 is 12.2 Å². The predicted molar refractivity (Wildman–Crippen MR) is 65.0 cm³/mol. The van der Waals surface area contributed by atoms with E-state index < -0.39 is 5.41 Å². The van der Waals surface area contributed by atoms with E-state index in [0.717, 1.165) is 25.7 Å². The summed E-state index contributed by atoms with van der Waals surface area (Å²) < 4.78 is 5.41. The van der Waals surface area contributed by atoms with Gasteiger partial charge < -0.3 is 15.8 Å². The molecule has 0 aromatic rings. The fourth-order valence-corrected chi connectivity index (χ4v) is 2.64. The van der Waals surface area contributed by atoms with E-state index in [1.807, 2.05) is 6.92 Å². The molecule has 1 saturated carbocycles. The minimum Gasteiger partial charge on any atom is -0.392 e. The Bertz CT molecular complexity index is 315. The van der Waals surface area contributed by atoms with Crippen LogP contribution in [0.25, 0.3) is 0 Å². The molecule has 5 heteroatoms. The molecule has 2 fully saturated rings. The number of nitrogens with one attached hydrogen (secondary N) is 1. The molecule has 16 heavy (non-hydrogen) atoms. The number of carbonyl (C=O) groups is 1. The predicted octanol–water partition coefficient (Wildman–Crippen LogP) is 0.736. The summed E-state index contributed by atoms with van der Waals surface area (Å²) in [7, 11) is 0. The van der Waals surface area contributed by atoms with Gasteiger partial charge in [-0.05, 0) is 26.2 Å². The van der Waals surface area contributed by atoms with Gasteiger partial charge >= 0.3 is 0 Å². The first-order valence-corrected chi connectivity index (χ1v) is 6.19. The van der Waals surface area contributed by atoms with Crippen molar-refractivity contribution in [2.75, 3.05) is 6.61 Å². The minimum absolute atomic E-state index is 0.00593. The Morgan fingerprint density at radius 1 is 1.56 bits per heavy atom. The maximum atomic E-state index is 12.2. The largest absolute Gasteiger partial charge is 0.392 e. The highest BCUT2D eigenvalue weighted by molar-refractivity contribution is 7.80. The van der Waals surface area contributed by atoms with E-state index >= 15 is 0 Å². The van der Waals surface area contributed by atoms with E-state index in [1.54, 1.807) is 0 Å². The maximum Gasteiger partial charge on any atom is 0.233 e. The number of carbonyl (C=O) groups excluding carboxylic acids is 1. The summed E-state index contributed by atoms with van der Waals surface area (Å²) in [6.07, 6.45) is 3.57. The monoisotopic (exact) mass is 242 g/mol. The van der Waals surface area contributed by atoms with E-state index in [-0.39, 0.29) is 18.1 Å². The molecule has 2 aliphatic rings. The first kappa shape index (κ1) is 11.8. The summed E-state index contributed by atoms with van der Waals surface area (Å²) in [4.78, 5) is 12.5. The highest BCUT2D eigenvalue weighted by atomic mass is 32.1. The van der Waals surface area contributed by atoms with E-state index in [9.17, 15) is 4.79 Å². The van der Waals surface area contributed by atoms with Crippen molar-refractivity contribution in [3.05, 3.63) is 0 Å². The molecule has 1 aliphatic carbocycles. The van der Waals surface area contributed by atoms with Gasteiger partial charge in [0.15, 0.2) is 0 Å². The molecule has 0 bridgehead atoms. The van der Waals surface area contributed by atoms with Crippen LogP contribution in [0, 0.1) is 5.41 Å². The third-order valence-electron chi connectivity index (χ3n) is 3.81. The standard InChI is InChI=1S/C11H18N2O2S/c1-7-8(3-6-15-7)13-10(14)11(9(12)16)4-2-5-11/h7-8H,2-6H2,1H3,(H2,12,16)(H,13,14). The van der Waals surface area contributed by atoms with Crippen molar-refractivity contribution >= 4 is 23.1 Å². The Balaban J connectivity index is 1.99. The second kappa shape index (κ2) is 4.30. The molecule has 1 heterocycles. The summed E-state index contributed by atoms with van der Waals surface area (Å²) in [5.74, 6) is -0.00593. The van der Waals surface area contributed by atoms with Crippen molar-refractivity contribution in [3.63, 3.8) is 0 Å². The van der Waals surface area contributed by atoms with Crippen molar-refractivity contribution in [1.82, 2.24) is 5.32 Å². The Morgan fingerprint density at radius 2 is 2.25 bits per heavy atom. The lowest BCUT2D eigenvalue weighted by Gasteiger charge is -2.40.